The van der Waals surface area contributed by atoms with Crippen molar-refractivity contribution in [1.29, 1.82) is 0 Å². The van der Waals surface area contributed by atoms with E-state index in [1.54, 1.807) is 12.1 Å². The van der Waals surface area contributed by atoms with Crippen LogP contribution in [-0.4, -0.2) is 20.8 Å². The fourth-order valence-corrected chi connectivity index (χ4v) is 2.70. The highest BCUT2D eigenvalue weighted by Gasteiger charge is 2.18. The van der Waals surface area contributed by atoms with Gasteiger partial charge in [0.2, 0.25) is 5.78 Å². The van der Waals surface area contributed by atoms with Crippen molar-refractivity contribution in [3.63, 3.8) is 0 Å². The van der Waals surface area contributed by atoms with E-state index in [-0.39, 0.29) is 5.78 Å². The van der Waals surface area contributed by atoms with Gasteiger partial charge in [-0.05, 0) is 24.3 Å². The summed E-state index contributed by atoms with van der Waals surface area (Å²) in [5.74, 6) is -0.134. The lowest BCUT2D eigenvalue weighted by atomic mass is 10.2. The third-order valence-electron chi connectivity index (χ3n) is 2.58. The minimum atomic E-state index is -0.134. The van der Waals surface area contributed by atoms with Crippen LogP contribution in [0.25, 0.3) is 5.69 Å². The Morgan fingerprint density at radius 3 is 2.63 bits per heavy atom. The highest BCUT2D eigenvalue weighted by atomic mass is 35.5. The van der Waals surface area contributed by atoms with Gasteiger partial charge in [0.15, 0.2) is 0 Å². The van der Waals surface area contributed by atoms with Gasteiger partial charge in [0.05, 0.1) is 21.1 Å². The van der Waals surface area contributed by atoms with Gasteiger partial charge in [0.25, 0.3) is 0 Å². The van der Waals surface area contributed by atoms with Crippen LogP contribution in [0.2, 0.25) is 4.34 Å². The summed E-state index contributed by atoms with van der Waals surface area (Å²) < 4.78 is 2.11. The van der Waals surface area contributed by atoms with Gasteiger partial charge in [-0.3, -0.25) is 4.79 Å². The lowest BCUT2D eigenvalue weighted by Crippen LogP contribution is -2.08. The molecule has 3 aromatic rings. The number of para-hydroxylation sites is 1. The van der Waals surface area contributed by atoms with Crippen LogP contribution in [0.1, 0.15) is 15.4 Å². The number of rotatable bonds is 3. The molecule has 0 radical (unpaired) electrons. The van der Waals surface area contributed by atoms with Gasteiger partial charge >= 0.3 is 0 Å². The van der Waals surface area contributed by atoms with E-state index in [9.17, 15) is 4.79 Å². The summed E-state index contributed by atoms with van der Waals surface area (Å²) in [6.45, 7) is 0. The Morgan fingerprint density at radius 1 is 1.16 bits per heavy atom. The molecular formula is C13H8ClN3OS. The van der Waals surface area contributed by atoms with Crippen molar-refractivity contribution in [3.8, 4) is 5.69 Å². The summed E-state index contributed by atoms with van der Waals surface area (Å²) in [5, 5.41) is 7.77. The summed E-state index contributed by atoms with van der Waals surface area (Å²) in [6.07, 6.45) is 1.46. The molecule has 0 aliphatic carbocycles. The van der Waals surface area contributed by atoms with Crippen molar-refractivity contribution < 1.29 is 4.79 Å². The van der Waals surface area contributed by atoms with E-state index in [1.165, 1.54) is 22.2 Å². The molecule has 0 spiro atoms. The smallest absolute Gasteiger partial charge is 0.223 e. The van der Waals surface area contributed by atoms with E-state index in [4.69, 9.17) is 11.6 Å². The average Bonchev–Trinajstić information content (AvgIpc) is 3.07. The van der Waals surface area contributed by atoms with Crippen LogP contribution in [0, 0.1) is 0 Å². The van der Waals surface area contributed by atoms with Gasteiger partial charge in [-0.2, -0.15) is 0 Å². The first kappa shape index (κ1) is 12.1. The molecule has 0 bridgehead atoms. The predicted octanol–water partition coefficient (Wildman–Crippen LogP) is 3.21. The van der Waals surface area contributed by atoms with Crippen molar-refractivity contribution in [2.24, 2.45) is 0 Å². The molecule has 0 saturated heterocycles. The molecule has 0 aliphatic heterocycles. The zero-order valence-corrected chi connectivity index (χ0v) is 11.2. The molecule has 0 amide bonds. The van der Waals surface area contributed by atoms with E-state index >= 15 is 0 Å². The minimum Gasteiger partial charge on any atom is -0.286 e. The number of benzene rings is 1. The number of hydrogen-bond donors (Lipinski definition) is 0. The van der Waals surface area contributed by atoms with E-state index in [1.807, 2.05) is 30.3 Å². The summed E-state index contributed by atoms with van der Waals surface area (Å²) in [5.41, 5.74) is 1.22. The van der Waals surface area contributed by atoms with Crippen molar-refractivity contribution in [2.75, 3.05) is 0 Å². The Morgan fingerprint density at radius 2 is 1.95 bits per heavy atom. The standard InChI is InChI=1S/C13H8ClN3OS/c14-12-7-6-11(19-12)13(18)10-8-15-16-17(10)9-4-2-1-3-5-9/h1-8H. The molecule has 0 saturated carbocycles. The molecule has 4 nitrogen and oxygen atoms in total. The molecule has 94 valence electrons. The third-order valence-corrected chi connectivity index (χ3v) is 3.81. The number of aromatic nitrogens is 3. The maximum absolute atomic E-state index is 12.4. The molecule has 0 N–H and O–H groups in total. The van der Waals surface area contributed by atoms with E-state index in [0.29, 0.717) is 14.9 Å². The largest absolute Gasteiger partial charge is 0.286 e. The highest BCUT2D eigenvalue weighted by Crippen LogP contribution is 2.24. The number of nitrogens with zero attached hydrogens (tertiary/aromatic N) is 3. The number of thiophene rings is 1. The van der Waals surface area contributed by atoms with Crippen molar-refractivity contribution in [1.82, 2.24) is 15.0 Å². The first-order chi connectivity index (χ1) is 9.25. The molecule has 1 aromatic carbocycles. The first-order valence-corrected chi connectivity index (χ1v) is 6.71. The first-order valence-electron chi connectivity index (χ1n) is 5.52. The molecule has 0 fully saturated rings. The molecule has 0 aliphatic rings. The summed E-state index contributed by atoms with van der Waals surface area (Å²) in [6, 6.07) is 12.8. The number of hydrogen-bond acceptors (Lipinski definition) is 4. The minimum absolute atomic E-state index is 0.134. The molecule has 0 atom stereocenters. The van der Waals surface area contributed by atoms with Crippen LogP contribution in [0.5, 0.6) is 0 Å². The van der Waals surface area contributed by atoms with Gasteiger partial charge in [-0.15, -0.1) is 16.4 Å². The third kappa shape index (κ3) is 2.30. The van der Waals surface area contributed by atoms with Gasteiger partial charge in [0.1, 0.15) is 5.69 Å². The second-order valence-electron chi connectivity index (χ2n) is 3.80. The van der Waals surface area contributed by atoms with Gasteiger partial charge in [0, 0.05) is 0 Å². The lowest BCUT2D eigenvalue weighted by molar-refractivity contribution is 0.103. The molecule has 0 unspecified atom stereocenters. The SMILES string of the molecule is O=C(c1ccc(Cl)s1)c1cnnn1-c1ccccc1. The normalized spacial score (nSPS) is 10.6. The van der Waals surface area contributed by atoms with Gasteiger partial charge in [-0.1, -0.05) is 35.0 Å². The van der Waals surface area contributed by atoms with E-state index in [0.717, 1.165) is 5.69 Å². The Labute approximate surface area is 118 Å². The number of ketones is 1. The van der Waals surface area contributed by atoms with Crippen molar-refractivity contribution >= 4 is 28.7 Å². The molecular weight excluding hydrogens is 282 g/mol. The van der Waals surface area contributed by atoms with Gasteiger partial charge in [-0.25, -0.2) is 4.68 Å². The lowest BCUT2D eigenvalue weighted by Gasteiger charge is -2.03. The number of halogens is 1. The second kappa shape index (κ2) is 4.95. The van der Waals surface area contributed by atoms with E-state index in [2.05, 4.69) is 10.3 Å². The number of carbonyl (C=O) groups excluding carboxylic acids is 1. The summed E-state index contributed by atoms with van der Waals surface area (Å²) in [4.78, 5) is 12.9. The average molecular weight is 290 g/mol. The highest BCUT2D eigenvalue weighted by molar-refractivity contribution is 7.18. The maximum Gasteiger partial charge on any atom is 0.223 e. The second-order valence-corrected chi connectivity index (χ2v) is 5.51. The zero-order chi connectivity index (χ0) is 13.2. The molecule has 19 heavy (non-hydrogen) atoms. The monoisotopic (exact) mass is 289 g/mol. The summed E-state index contributed by atoms with van der Waals surface area (Å²) >= 11 is 7.10. The van der Waals surface area contributed by atoms with Crippen LogP contribution in [0.15, 0.2) is 48.7 Å². The van der Waals surface area contributed by atoms with Crippen LogP contribution in [0.4, 0.5) is 0 Å². The zero-order valence-electron chi connectivity index (χ0n) is 9.65. The van der Waals surface area contributed by atoms with Crippen molar-refractivity contribution in [3.05, 3.63) is 63.6 Å². The predicted molar refractivity (Wildman–Crippen MR) is 74.1 cm³/mol. The van der Waals surface area contributed by atoms with Crippen LogP contribution in [0.3, 0.4) is 0 Å². The molecule has 3 rings (SSSR count). The number of carbonyl (C=O) groups is 1. The van der Waals surface area contributed by atoms with E-state index < -0.39 is 0 Å². The van der Waals surface area contributed by atoms with Gasteiger partial charge < -0.3 is 0 Å². The molecule has 2 heterocycles. The Balaban J connectivity index is 2.03. The summed E-state index contributed by atoms with van der Waals surface area (Å²) in [7, 11) is 0. The fraction of sp³-hybridized carbons (Fsp3) is 0. The molecule has 6 heteroatoms. The maximum atomic E-state index is 12.4. The van der Waals surface area contributed by atoms with Crippen LogP contribution in [-0.2, 0) is 0 Å². The Hall–Kier alpha value is -1.98. The van der Waals surface area contributed by atoms with Crippen molar-refractivity contribution in [2.45, 2.75) is 0 Å². The quantitative estimate of drug-likeness (QED) is 0.696. The molecule has 2 aromatic heterocycles. The Bertz CT molecular complexity index is 720. The Kier molecular flexibility index (Phi) is 3.15. The van der Waals surface area contributed by atoms with Crippen LogP contribution >= 0.6 is 22.9 Å². The topological polar surface area (TPSA) is 47.8 Å². The van der Waals surface area contributed by atoms with Crippen LogP contribution < -0.4 is 0 Å². The fourth-order valence-electron chi connectivity index (χ4n) is 1.71.